The van der Waals surface area contributed by atoms with Crippen molar-refractivity contribution in [2.75, 3.05) is 23.0 Å². The lowest BCUT2D eigenvalue weighted by molar-refractivity contribution is 0.300. The number of ether oxygens (including phenoxy) is 2. The van der Waals surface area contributed by atoms with E-state index in [1.807, 2.05) is 48.5 Å². The summed E-state index contributed by atoms with van der Waals surface area (Å²) in [5.74, 6) is 1.44. The van der Waals surface area contributed by atoms with E-state index in [1.165, 1.54) is 44.8 Å². The largest absolute Gasteiger partial charge is 0.494 e. The molecule has 322 valence electrons. The van der Waals surface area contributed by atoms with Crippen LogP contribution in [0.5, 0.6) is 11.5 Å². The number of hydrogen-bond donors (Lipinski definition) is 2. The van der Waals surface area contributed by atoms with Gasteiger partial charge in [-0.15, -0.1) is 0 Å². The standard InChI is InChI=1S/C52H48N6O6/c1-37-5-13-41(14-6-37)57(45-21-25-47(26-22-45)63-35-3-31-55-33-29-49(59)53-51(55)61)43-17-9-39(10-18-43)40-11-19-44(20-12-40)58(42-15-7-38(2)8-16-42)46-23-27-48(28-24-46)64-36-4-32-56-34-30-50(60)54-52(56)62/h5-30,33-34H,3-4,31-32,35-36H2,1-2H3,(H,53,59,61)(H,54,60,62). The van der Waals surface area contributed by atoms with Gasteiger partial charge in [0.1, 0.15) is 11.5 Å². The van der Waals surface area contributed by atoms with E-state index in [0.29, 0.717) is 39.1 Å². The molecule has 0 saturated heterocycles. The van der Waals surface area contributed by atoms with Gasteiger partial charge in [-0.25, -0.2) is 9.59 Å². The molecule has 8 rings (SSSR count). The van der Waals surface area contributed by atoms with Crippen molar-refractivity contribution in [3.63, 3.8) is 0 Å². The van der Waals surface area contributed by atoms with Crippen LogP contribution in [0.3, 0.4) is 0 Å². The highest BCUT2D eigenvalue weighted by atomic mass is 16.5. The maximum atomic E-state index is 12.0. The van der Waals surface area contributed by atoms with Crippen molar-refractivity contribution in [3.05, 3.63) is 223 Å². The molecule has 64 heavy (non-hydrogen) atoms. The molecule has 0 radical (unpaired) electrons. The summed E-state index contributed by atoms with van der Waals surface area (Å²) in [5.41, 5.74) is 8.86. The van der Waals surface area contributed by atoms with Crippen LogP contribution in [-0.4, -0.2) is 32.3 Å². The summed E-state index contributed by atoms with van der Waals surface area (Å²) in [6.07, 6.45) is 4.19. The Hall–Kier alpha value is -8.12. The number of aromatic amines is 2. The van der Waals surface area contributed by atoms with Gasteiger partial charge in [0.2, 0.25) is 0 Å². The third kappa shape index (κ3) is 10.5. The summed E-state index contributed by atoms with van der Waals surface area (Å²) in [6.45, 7) is 5.85. The molecular formula is C52H48N6O6. The molecule has 8 aromatic rings. The molecule has 0 fully saturated rings. The fraction of sp³-hybridized carbons (Fsp3) is 0.154. The Morgan fingerprint density at radius 2 is 0.703 bits per heavy atom. The van der Waals surface area contributed by atoms with Crippen molar-refractivity contribution in [3.8, 4) is 22.6 Å². The van der Waals surface area contributed by atoms with Gasteiger partial charge in [-0.1, -0.05) is 59.7 Å². The van der Waals surface area contributed by atoms with Gasteiger partial charge in [0.05, 0.1) is 13.2 Å². The van der Waals surface area contributed by atoms with Crippen molar-refractivity contribution in [1.82, 2.24) is 19.1 Å². The van der Waals surface area contributed by atoms with Crippen LogP contribution < -0.4 is 41.8 Å². The number of nitrogens with one attached hydrogen (secondary N) is 2. The molecule has 2 heterocycles. The van der Waals surface area contributed by atoms with E-state index in [1.54, 1.807) is 0 Å². The van der Waals surface area contributed by atoms with E-state index >= 15 is 0 Å². The molecule has 2 N–H and O–H groups in total. The first-order chi connectivity index (χ1) is 31.2. The average Bonchev–Trinajstić information content (AvgIpc) is 3.31. The van der Waals surface area contributed by atoms with Crippen molar-refractivity contribution < 1.29 is 9.47 Å². The van der Waals surface area contributed by atoms with Crippen LogP contribution in [0, 0.1) is 13.8 Å². The summed E-state index contributed by atoms with van der Waals surface area (Å²) >= 11 is 0. The van der Waals surface area contributed by atoms with Crippen LogP contribution in [0.1, 0.15) is 24.0 Å². The zero-order chi connectivity index (χ0) is 44.4. The molecule has 0 aliphatic carbocycles. The Morgan fingerprint density at radius 1 is 0.406 bits per heavy atom. The van der Waals surface area contributed by atoms with Gasteiger partial charge >= 0.3 is 11.4 Å². The molecule has 0 aliphatic heterocycles. The number of hydrogen-bond acceptors (Lipinski definition) is 8. The molecule has 0 bridgehead atoms. The number of anilines is 6. The first-order valence-electron chi connectivity index (χ1n) is 21.2. The SMILES string of the molecule is Cc1ccc(N(c2ccc(OCCCn3ccc(=O)[nH]c3=O)cc2)c2ccc(-c3ccc(N(c4ccc(C)cc4)c4ccc(OCCCn5ccc(=O)[nH]c5=O)cc4)cc3)cc2)cc1. The third-order valence-electron chi connectivity index (χ3n) is 10.8. The normalized spacial score (nSPS) is 11.0. The second-order valence-corrected chi connectivity index (χ2v) is 15.4. The van der Waals surface area contributed by atoms with E-state index in [-0.39, 0.29) is 0 Å². The molecule has 0 unspecified atom stereocenters. The van der Waals surface area contributed by atoms with Crippen LogP contribution in [0.4, 0.5) is 34.1 Å². The first kappa shape index (κ1) is 42.6. The summed E-state index contributed by atoms with van der Waals surface area (Å²) in [6, 6.07) is 52.7. The van der Waals surface area contributed by atoms with Gasteiger partial charge in [-0.3, -0.25) is 19.6 Å². The monoisotopic (exact) mass is 852 g/mol. The van der Waals surface area contributed by atoms with Gasteiger partial charge in [0.15, 0.2) is 0 Å². The number of aromatic nitrogens is 4. The summed E-state index contributed by atoms with van der Waals surface area (Å²) in [5, 5.41) is 0. The van der Waals surface area contributed by atoms with Crippen molar-refractivity contribution >= 4 is 34.1 Å². The molecular weight excluding hydrogens is 805 g/mol. The van der Waals surface area contributed by atoms with Gasteiger partial charge in [-0.2, -0.15) is 0 Å². The lowest BCUT2D eigenvalue weighted by Gasteiger charge is -2.26. The highest BCUT2D eigenvalue weighted by molar-refractivity contribution is 5.81. The summed E-state index contributed by atoms with van der Waals surface area (Å²) < 4.78 is 14.9. The number of aryl methyl sites for hydroxylation is 4. The predicted molar refractivity (Wildman–Crippen MR) is 254 cm³/mol. The van der Waals surface area contributed by atoms with Gasteiger partial charge < -0.3 is 28.4 Å². The molecule has 6 aromatic carbocycles. The smallest absolute Gasteiger partial charge is 0.328 e. The molecule has 0 saturated carbocycles. The molecule has 12 heteroatoms. The minimum Gasteiger partial charge on any atom is -0.494 e. The Morgan fingerprint density at radius 3 is 1.02 bits per heavy atom. The lowest BCUT2D eigenvalue weighted by atomic mass is 10.0. The van der Waals surface area contributed by atoms with E-state index < -0.39 is 22.5 Å². The molecule has 0 atom stereocenters. The zero-order valence-corrected chi connectivity index (χ0v) is 35.6. The fourth-order valence-electron chi connectivity index (χ4n) is 7.36. The molecule has 2 aromatic heterocycles. The molecule has 0 spiro atoms. The Balaban J connectivity index is 0.958. The average molecular weight is 853 g/mol. The van der Waals surface area contributed by atoms with E-state index in [2.05, 4.69) is 131 Å². The van der Waals surface area contributed by atoms with Gasteiger partial charge in [0, 0.05) is 71.7 Å². The van der Waals surface area contributed by atoms with Crippen LogP contribution >= 0.6 is 0 Å². The van der Waals surface area contributed by atoms with Crippen LogP contribution in [0.15, 0.2) is 189 Å². The van der Waals surface area contributed by atoms with E-state index in [4.69, 9.17) is 9.47 Å². The predicted octanol–water partition coefficient (Wildman–Crippen LogP) is 9.55. The third-order valence-corrected chi connectivity index (χ3v) is 10.8. The minimum absolute atomic E-state index is 0.412. The Kier molecular flexibility index (Phi) is 13.1. The maximum Gasteiger partial charge on any atom is 0.328 e. The maximum absolute atomic E-state index is 12.0. The first-order valence-corrected chi connectivity index (χ1v) is 21.2. The zero-order valence-electron chi connectivity index (χ0n) is 35.6. The van der Waals surface area contributed by atoms with Crippen LogP contribution in [0.2, 0.25) is 0 Å². The van der Waals surface area contributed by atoms with Crippen LogP contribution in [-0.2, 0) is 13.1 Å². The van der Waals surface area contributed by atoms with E-state index in [9.17, 15) is 19.2 Å². The van der Waals surface area contributed by atoms with Crippen molar-refractivity contribution in [1.29, 1.82) is 0 Å². The highest BCUT2D eigenvalue weighted by Crippen LogP contribution is 2.39. The van der Waals surface area contributed by atoms with Gasteiger partial charge in [0.25, 0.3) is 11.1 Å². The number of H-pyrrole nitrogens is 2. The van der Waals surface area contributed by atoms with E-state index in [0.717, 1.165) is 56.8 Å². The van der Waals surface area contributed by atoms with Gasteiger partial charge in [-0.05, 0) is 135 Å². The molecule has 0 amide bonds. The number of nitrogens with zero attached hydrogens (tertiary/aromatic N) is 4. The highest BCUT2D eigenvalue weighted by Gasteiger charge is 2.16. The second kappa shape index (κ2) is 19.7. The van der Waals surface area contributed by atoms with Crippen LogP contribution in [0.25, 0.3) is 11.1 Å². The second-order valence-electron chi connectivity index (χ2n) is 15.4. The summed E-state index contributed by atoms with van der Waals surface area (Å²) in [7, 11) is 0. The van der Waals surface area contributed by atoms with Crippen molar-refractivity contribution in [2.24, 2.45) is 0 Å². The Bertz CT molecular complexity index is 2820. The summed E-state index contributed by atoms with van der Waals surface area (Å²) in [4.78, 5) is 55.7. The molecule has 12 nitrogen and oxygen atoms in total. The lowest BCUT2D eigenvalue weighted by Crippen LogP contribution is -2.29. The van der Waals surface area contributed by atoms with Crippen molar-refractivity contribution in [2.45, 2.75) is 39.8 Å². The number of rotatable bonds is 17. The minimum atomic E-state index is -0.428. The fourth-order valence-corrected chi connectivity index (χ4v) is 7.36. The molecule has 0 aliphatic rings. The Labute approximate surface area is 369 Å². The quantitative estimate of drug-likeness (QED) is 0.0866. The number of benzene rings is 6. The topological polar surface area (TPSA) is 135 Å².